The molecule has 0 saturated heterocycles. The van der Waals surface area contributed by atoms with E-state index in [4.69, 9.17) is 5.73 Å². The fourth-order valence-electron chi connectivity index (χ4n) is 2.05. The molecule has 0 aromatic carbocycles. The van der Waals surface area contributed by atoms with Crippen molar-refractivity contribution >= 4 is 29.8 Å². The SMILES string of the molecule is CSNC(C(=O)NC(CCCNC(N)=O)C(=O)NC(C)C)C(C)C. The van der Waals surface area contributed by atoms with E-state index >= 15 is 0 Å². The molecule has 2 atom stereocenters. The van der Waals surface area contributed by atoms with E-state index in [-0.39, 0.29) is 23.8 Å². The molecule has 2 unspecified atom stereocenters. The van der Waals surface area contributed by atoms with Gasteiger partial charge in [0.1, 0.15) is 6.04 Å². The molecule has 0 aliphatic carbocycles. The van der Waals surface area contributed by atoms with Crippen molar-refractivity contribution < 1.29 is 14.4 Å². The molecule has 4 amide bonds. The zero-order chi connectivity index (χ0) is 18.7. The summed E-state index contributed by atoms with van der Waals surface area (Å²) in [6.45, 7) is 7.95. The molecule has 0 aliphatic heterocycles. The number of nitrogens with two attached hydrogens (primary N) is 1. The average Bonchev–Trinajstić information content (AvgIpc) is 2.46. The van der Waals surface area contributed by atoms with Crippen LogP contribution in [0.25, 0.3) is 0 Å². The maximum absolute atomic E-state index is 12.5. The highest BCUT2D eigenvalue weighted by Gasteiger charge is 2.27. The van der Waals surface area contributed by atoms with E-state index in [1.54, 1.807) is 0 Å². The van der Waals surface area contributed by atoms with Crippen molar-refractivity contribution in [1.29, 1.82) is 0 Å². The monoisotopic (exact) mass is 361 g/mol. The second-order valence-electron chi connectivity index (χ2n) is 6.20. The number of hydrogen-bond donors (Lipinski definition) is 5. The Morgan fingerprint density at radius 3 is 2.12 bits per heavy atom. The number of carbonyl (C=O) groups excluding carboxylic acids is 3. The van der Waals surface area contributed by atoms with Crippen LogP contribution >= 0.6 is 11.9 Å². The van der Waals surface area contributed by atoms with Crippen molar-refractivity contribution in [2.75, 3.05) is 12.8 Å². The molecule has 0 fully saturated rings. The summed E-state index contributed by atoms with van der Waals surface area (Å²) in [6.07, 6.45) is 2.79. The molecular weight excluding hydrogens is 330 g/mol. The Labute approximate surface area is 148 Å². The highest BCUT2D eigenvalue weighted by atomic mass is 32.2. The highest BCUT2D eigenvalue weighted by Crippen LogP contribution is 2.07. The van der Waals surface area contributed by atoms with E-state index in [0.717, 1.165) is 0 Å². The van der Waals surface area contributed by atoms with Gasteiger partial charge in [-0.15, -0.1) is 0 Å². The Morgan fingerprint density at radius 1 is 1.04 bits per heavy atom. The van der Waals surface area contributed by atoms with Gasteiger partial charge < -0.3 is 21.7 Å². The zero-order valence-corrected chi connectivity index (χ0v) is 16.0. The maximum Gasteiger partial charge on any atom is 0.312 e. The molecule has 6 N–H and O–H groups in total. The summed E-state index contributed by atoms with van der Waals surface area (Å²) in [6, 6.07) is -1.67. The van der Waals surface area contributed by atoms with Crippen molar-refractivity contribution in [3.8, 4) is 0 Å². The Kier molecular flexibility index (Phi) is 11.2. The smallest absolute Gasteiger partial charge is 0.312 e. The van der Waals surface area contributed by atoms with Crippen LogP contribution < -0.4 is 26.4 Å². The van der Waals surface area contributed by atoms with E-state index in [2.05, 4.69) is 20.7 Å². The van der Waals surface area contributed by atoms with Crippen LogP contribution in [0.4, 0.5) is 4.79 Å². The van der Waals surface area contributed by atoms with Gasteiger partial charge in [-0.25, -0.2) is 4.79 Å². The minimum atomic E-state index is -0.653. The van der Waals surface area contributed by atoms with Gasteiger partial charge in [0.15, 0.2) is 0 Å². The number of nitrogens with one attached hydrogen (secondary N) is 4. The second-order valence-corrected chi connectivity index (χ2v) is 6.85. The summed E-state index contributed by atoms with van der Waals surface area (Å²) in [4.78, 5) is 35.5. The van der Waals surface area contributed by atoms with Crippen molar-refractivity contribution in [3.05, 3.63) is 0 Å². The molecule has 0 aromatic heterocycles. The van der Waals surface area contributed by atoms with Gasteiger partial charge in [0.2, 0.25) is 11.8 Å². The Hall–Kier alpha value is -1.48. The highest BCUT2D eigenvalue weighted by molar-refractivity contribution is 7.96. The van der Waals surface area contributed by atoms with Crippen LogP contribution in [0, 0.1) is 5.92 Å². The molecule has 0 saturated carbocycles. The van der Waals surface area contributed by atoms with Crippen LogP contribution in [0.15, 0.2) is 0 Å². The molecular formula is C15H31N5O3S. The molecule has 9 heteroatoms. The van der Waals surface area contributed by atoms with Gasteiger partial charge >= 0.3 is 6.03 Å². The lowest BCUT2D eigenvalue weighted by atomic mass is 10.0. The molecule has 0 bridgehead atoms. The topological polar surface area (TPSA) is 125 Å². The van der Waals surface area contributed by atoms with Crippen LogP contribution in [0.2, 0.25) is 0 Å². The number of amides is 4. The Balaban J connectivity index is 4.80. The summed E-state index contributed by atoms with van der Waals surface area (Å²) in [5.41, 5.74) is 5.01. The van der Waals surface area contributed by atoms with Gasteiger partial charge in [-0.1, -0.05) is 25.8 Å². The minimum absolute atomic E-state index is 0.0223. The largest absolute Gasteiger partial charge is 0.352 e. The fraction of sp³-hybridized carbons (Fsp3) is 0.800. The van der Waals surface area contributed by atoms with Crippen molar-refractivity contribution in [3.63, 3.8) is 0 Å². The zero-order valence-electron chi connectivity index (χ0n) is 15.1. The molecule has 8 nitrogen and oxygen atoms in total. The molecule has 24 heavy (non-hydrogen) atoms. The minimum Gasteiger partial charge on any atom is -0.352 e. The number of primary amides is 1. The lowest BCUT2D eigenvalue weighted by molar-refractivity contribution is -0.130. The third kappa shape index (κ3) is 9.61. The van der Waals surface area contributed by atoms with Crippen LogP contribution in [-0.4, -0.2) is 48.8 Å². The first-order valence-corrected chi connectivity index (χ1v) is 9.34. The van der Waals surface area contributed by atoms with E-state index in [1.807, 2.05) is 34.0 Å². The molecule has 140 valence electrons. The second kappa shape index (κ2) is 12.0. The first-order valence-electron chi connectivity index (χ1n) is 8.11. The van der Waals surface area contributed by atoms with Gasteiger partial charge in [0, 0.05) is 12.6 Å². The summed E-state index contributed by atoms with van der Waals surface area (Å²) in [5.74, 6) is -0.363. The van der Waals surface area contributed by atoms with Crippen LogP contribution in [0.5, 0.6) is 0 Å². The third-order valence-corrected chi connectivity index (χ3v) is 3.72. The summed E-state index contributed by atoms with van der Waals surface area (Å²) >= 11 is 1.36. The van der Waals surface area contributed by atoms with Gasteiger partial charge in [-0.05, 0) is 38.9 Å². The summed E-state index contributed by atoms with van der Waals surface area (Å²) < 4.78 is 3.05. The predicted molar refractivity (Wildman–Crippen MR) is 97.3 cm³/mol. The van der Waals surface area contributed by atoms with E-state index in [0.29, 0.717) is 19.4 Å². The van der Waals surface area contributed by atoms with E-state index in [9.17, 15) is 14.4 Å². The van der Waals surface area contributed by atoms with Crippen LogP contribution in [-0.2, 0) is 9.59 Å². The van der Waals surface area contributed by atoms with Gasteiger partial charge in [-0.2, -0.15) is 0 Å². The van der Waals surface area contributed by atoms with Crippen LogP contribution in [0.1, 0.15) is 40.5 Å². The molecule has 0 spiro atoms. The van der Waals surface area contributed by atoms with Crippen molar-refractivity contribution in [2.24, 2.45) is 11.7 Å². The summed E-state index contributed by atoms with van der Waals surface area (Å²) in [5, 5.41) is 8.09. The van der Waals surface area contributed by atoms with Gasteiger partial charge in [0.05, 0.1) is 6.04 Å². The van der Waals surface area contributed by atoms with Gasteiger partial charge in [0.25, 0.3) is 0 Å². The standard InChI is InChI=1S/C15H31N5O3S/c1-9(2)12(20-24-5)14(22)19-11(13(21)18-10(3)4)7-6-8-17-15(16)23/h9-12,20H,6-8H2,1-5H3,(H,18,21)(H,19,22)(H3,16,17,23). The Morgan fingerprint density at radius 2 is 1.67 bits per heavy atom. The molecule has 0 aliphatic rings. The molecule has 0 heterocycles. The maximum atomic E-state index is 12.5. The summed E-state index contributed by atoms with van der Waals surface area (Å²) in [7, 11) is 0. The number of hydrogen-bond acceptors (Lipinski definition) is 5. The van der Waals surface area contributed by atoms with Crippen molar-refractivity contribution in [1.82, 2.24) is 20.7 Å². The molecule has 0 aromatic rings. The lowest BCUT2D eigenvalue weighted by Crippen LogP contribution is -2.54. The quantitative estimate of drug-likeness (QED) is 0.268. The normalized spacial score (nSPS) is 13.5. The molecule has 0 rings (SSSR count). The molecule has 0 radical (unpaired) electrons. The Bertz CT molecular complexity index is 418. The first kappa shape index (κ1) is 22.5. The van der Waals surface area contributed by atoms with Crippen LogP contribution in [0.3, 0.4) is 0 Å². The first-order chi connectivity index (χ1) is 11.2. The van der Waals surface area contributed by atoms with E-state index < -0.39 is 18.1 Å². The van der Waals surface area contributed by atoms with Crippen molar-refractivity contribution in [2.45, 2.75) is 58.7 Å². The fourth-order valence-corrected chi connectivity index (χ4v) is 2.69. The number of rotatable bonds is 11. The number of urea groups is 1. The predicted octanol–water partition coefficient (Wildman–Crippen LogP) is 0.337. The average molecular weight is 362 g/mol. The van der Waals surface area contributed by atoms with Gasteiger partial charge in [-0.3, -0.25) is 14.3 Å². The third-order valence-electron chi connectivity index (χ3n) is 3.23. The lowest BCUT2D eigenvalue weighted by Gasteiger charge is -2.25. The number of carbonyl (C=O) groups is 3. The van der Waals surface area contributed by atoms with E-state index in [1.165, 1.54) is 11.9 Å².